The maximum atomic E-state index is 13.6. The molecule has 27 nitrogen and oxygen atoms in total. The van der Waals surface area contributed by atoms with E-state index in [0.29, 0.717) is 0 Å². The molecule has 5 heterocycles. The highest BCUT2D eigenvalue weighted by molar-refractivity contribution is 7.47. The van der Waals surface area contributed by atoms with Crippen LogP contribution < -0.4 is 56.1 Å². The van der Waals surface area contributed by atoms with E-state index in [2.05, 4.69) is 20.6 Å². The number of hydrogen-bond acceptors (Lipinski definition) is 21. The summed E-state index contributed by atoms with van der Waals surface area (Å²) in [5, 5.41) is 48.0. The summed E-state index contributed by atoms with van der Waals surface area (Å²) in [7, 11) is -5.11. The van der Waals surface area contributed by atoms with Crippen molar-refractivity contribution in [2.45, 2.75) is 124 Å². The Morgan fingerprint density at radius 2 is 1.62 bits per heavy atom. The van der Waals surface area contributed by atoms with E-state index in [4.69, 9.17) is 50.9 Å². The van der Waals surface area contributed by atoms with Gasteiger partial charge in [-0.25, -0.2) is 14.2 Å². The highest BCUT2D eigenvalue weighted by Gasteiger charge is 2.49. The van der Waals surface area contributed by atoms with Gasteiger partial charge < -0.3 is 77.8 Å². The number of carbonyl (C=O) groups excluding carboxylic acids is 1. The predicted octanol–water partition coefficient (Wildman–Crippen LogP) is -7.56. The first kappa shape index (κ1) is 46.9. The van der Waals surface area contributed by atoms with Gasteiger partial charge in [0.1, 0.15) is 43.0 Å². The number of aromatic nitrogens is 4. The van der Waals surface area contributed by atoms with Crippen LogP contribution in [0.3, 0.4) is 0 Å². The Balaban J connectivity index is 1.10. The van der Waals surface area contributed by atoms with Crippen LogP contribution in [0.5, 0.6) is 0 Å². The monoisotopic (exact) mass is 892 g/mol. The van der Waals surface area contributed by atoms with Gasteiger partial charge in [-0.1, -0.05) is 0 Å². The molecule has 1 amide bonds. The number of carbonyl (C=O) groups is 1. The number of ether oxygens (including phenoxy) is 4. The molecule has 4 aliphatic rings. The van der Waals surface area contributed by atoms with Gasteiger partial charge in [-0.05, 0) is 13.3 Å². The average molecular weight is 893 g/mol. The lowest BCUT2D eigenvalue weighted by Crippen LogP contribution is -2.70. The summed E-state index contributed by atoms with van der Waals surface area (Å²) in [5.74, 6) is -0.875. The fraction of sp³-hybridized carbons (Fsp3) is 0.727. The summed E-state index contributed by atoms with van der Waals surface area (Å²) in [6, 6.07) is -2.69. The number of rotatable bonds is 15. The molecular weight excluding hydrogens is 839 g/mol. The Morgan fingerprint density at radius 3 is 2.33 bits per heavy atom. The summed E-state index contributed by atoms with van der Waals surface area (Å²) in [5.41, 5.74) is 21.4. The maximum absolute atomic E-state index is 13.6. The molecule has 1 unspecified atom stereocenters. The van der Waals surface area contributed by atoms with Crippen LogP contribution in [-0.2, 0) is 37.4 Å². The molecule has 1 aliphatic carbocycles. The molecule has 2 aromatic heterocycles. The number of aromatic amines is 2. The number of hydrogen-bond donors (Lipinski definition) is 13. The number of nitrogens with two attached hydrogens (primary N) is 4. The fourth-order valence-electron chi connectivity index (χ4n) is 7.69. The molecule has 4 fully saturated rings. The van der Waals surface area contributed by atoms with Crippen LogP contribution in [0, 0.1) is 6.92 Å². The van der Waals surface area contributed by atoms with Gasteiger partial charge in [0.15, 0.2) is 12.4 Å². The Bertz CT molecular complexity index is 2140. The molecule has 61 heavy (non-hydrogen) atoms. The van der Waals surface area contributed by atoms with Crippen molar-refractivity contribution in [1.82, 2.24) is 29.7 Å². The largest absolute Gasteiger partial charge is 0.472 e. The van der Waals surface area contributed by atoms with E-state index < -0.39 is 141 Å². The lowest BCUT2D eigenvalue weighted by atomic mass is 9.82. The predicted molar refractivity (Wildman–Crippen MR) is 205 cm³/mol. The van der Waals surface area contributed by atoms with E-state index in [1.807, 2.05) is 0 Å². The molecule has 2 aromatic rings. The first-order chi connectivity index (χ1) is 28.8. The van der Waals surface area contributed by atoms with Crippen molar-refractivity contribution in [2.75, 3.05) is 26.2 Å². The Kier molecular flexibility index (Phi) is 14.9. The Hall–Kier alpha value is -3.58. The van der Waals surface area contributed by atoms with E-state index in [1.54, 1.807) is 0 Å². The molecule has 0 radical (unpaired) electrons. The van der Waals surface area contributed by atoms with Crippen LogP contribution in [0.25, 0.3) is 0 Å². The normalized spacial score (nSPS) is 37.7. The van der Waals surface area contributed by atoms with Gasteiger partial charge in [0, 0.05) is 68.6 Å². The van der Waals surface area contributed by atoms with Crippen LogP contribution in [-0.4, -0.2) is 162 Å². The molecule has 3 aliphatic heterocycles. The van der Waals surface area contributed by atoms with Gasteiger partial charge >= 0.3 is 19.2 Å². The summed E-state index contributed by atoms with van der Waals surface area (Å²) in [6.45, 7) is 0.304. The molecule has 3 saturated heterocycles. The second-order valence-corrected chi connectivity index (χ2v) is 16.8. The number of H-pyrrole nitrogens is 2. The van der Waals surface area contributed by atoms with Crippen molar-refractivity contribution in [3.8, 4) is 0 Å². The Morgan fingerprint density at radius 1 is 0.918 bits per heavy atom. The van der Waals surface area contributed by atoms with Crippen LogP contribution in [0.1, 0.15) is 37.3 Å². The van der Waals surface area contributed by atoms with Gasteiger partial charge in [0.25, 0.3) is 17.0 Å². The van der Waals surface area contributed by atoms with E-state index in [1.165, 1.54) is 13.1 Å². The standard InChI is InChI=1S/C33H53N10O17P/c1-12-10-43(33(52)41-29(12)49)21-8-16(60-61(53,54)55-11-18-15(44)7-20(56-18)42-5-2-19(45)40-32(42)51)28(58-21)30(50)39-4-3-38-23-24(46)13(35)6-14(36)27(23)59-31-22(37)26(48)25(47)17(9-34)57-31/h2,5,10,13-18,20-28,31,38,44,46-48H,3-4,6-9,11,34-37H2,1H3,(H,39,50)(H,53,54)(H,40,45,51)(H,41,49,52)/t13-,14+,15+,16+,17-,18-,20-,21-,22-,23+,24+,25-,26-,27-,28+,31-/m1/s1. The third-order valence-corrected chi connectivity index (χ3v) is 12.0. The van der Waals surface area contributed by atoms with Gasteiger partial charge in [0.2, 0.25) is 0 Å². The average Bonchev–Trinajstić information content (AvgIpc) is 3.79. The zero-order valence-electron chi connectivity index (χ0n) is 32.7. The lowest BCUT2D eigenvalue weighted by molar-refractivity contribution is -0.279. The number of nitrogens with one attached hydrogen (secondary N) is 4. The van der Waals surface area contributed by atoms with Gasteiger partial charge in [-0.2, -0.15) is 0 Å². The fourth-order valence-corrected chi connectivity index (χ4v) is 8.62. The summed E-state index contributed by atoms with van der Waals surface area (Å²) in [6.07, 6.45) is -13.5. The highest BCUT2D eigenvalue weighted by atomic mass is 31.2. The second-order valence-electron chi connectivity index (χ2n) is 15.3. The summed E-state index contributed by atoms with van der Waals surface area (Å²) >= 11 is 0. The first-order valence-corrected chi connectivity index (χ1v) is 20.9. The molecule has 0 aromatic carbocycles. The summed E-state index contributed by atoms with van der Waals surface area (Å²) in [4.78, 5) is 77.0. The van der Waals surface area contributed by atoms with Crippen molar-refractivity contribution in [3.05, 3.63) is 65.7 Å². The molecule has 28 heteroatoms. The van der Waals surface area contributed by atoms with E-state index >= 15 is 0 Å². The number of nitrogens with zero attached hydrogens (tertiary/aromatic N) is 2. The summed E-state index contributed by atoms with van der Waals surface area (Å²) < 4.78 is 49.1. The lowest BCUT2D eigenvalue weighted by Gasteiger charge is -2.47. The van der Waals surface area contributed by atoms with Crippen molar-refractivity contribution in [3.63, 3.8) is 0 Å². The smallest absolute Gasteiger partial charge is 0.390 e. The van der Waals surface area contributed by atoms with Crippen LogP contribution >= 0.6 is 7.82 Å². The number of aliphatic hydroxyl groups is 4. The maximum Gasteiger partial charge on any atom is 0.472 e. The quantitative estimate of drug-likeness (QED) is 0.0583. The van der Waals surface area contributed by atoms with Gasteiger partial charge in [0.05, 0.1) is 37.0 Å². The molecule has 17 atom stereocenters. The van der Waals surface area contributed by atoms with Crippen molar-refractivity contribution < 1.29 is 62.7 Å². The van der Waals surface area contributed by atoms with E-state index in [0.717, 1.165) is 21.4 Å². The van der Waals surface area contributed by atoms with Crippen molar-refractivity contribution in [2.24, 2.45) is 22.9 Å². The first-order valence-electron chi connectivity index (χ1n) is 19.4. The van der Waals surface area contributed by atoms with Crippen molar-refractivity contribution >= 4 is 13.7 Å². The molecule has 1 saturated carbocycles. The zero-order valence-corrected chi connectivity index (χ0v) is 33.6. The number of phosphoric ester groups is 1. The molecule has 6 rings (SSSR count). The topological polar surface area (TPSA) is 429 Å². The molecule has 0 bridgehead atoms. The van der Waals surface area contributed by atoms with E-state index in [-0.39, 0.29) is 44.5 Å². The van der Waals surface area contributed by atoms with Gasteiger partial charge in [-0.3, -0.25) is 42.5 Å². The number of aliphatic hydroxyl groups excluding tert-OH is 4. The minimum atomic E-state index is -5.11. The SMILES string of the molecule is Cc1cn([C@H]2C[C@H](OP(=O)(O)OC[C@H]3O[C@@H](n4ccc(=O)[nH]c4=O)C[C@@H]3O)[C@@H](C(=O)NCCN[C@H]3[C@@H](O)[C@H](N)C[C@H](N)[C@H]3O[C@H]3O[C@H](CN)[C@@H](O)[C@H](O)[C@H]3N)O2)c(=O)[nH]c1=O. The third kappa shape index (κ3) is 10.6. The number of amides is 1. The Labute approximate surface area is 344 Å². The third-order valence-electron chi connectivity index (χ3n) is 11.0. The minimum absolute atomic E-state index is 0.0607. The molecule has 17 N–H and O–H groups in total. The van der Waals surface area contributed by atoms with Crippen LogP contribution in [0.15, 0.2) is 37.6 Å². The number of aryl methyl sites for hydroxylation is 1. The minimum Gasteiger partial charge on any atom is -0.390 e. The number of phosphoric acid groups is 1. The van der Waals surface area contributed by atoms with Crippen LogP contribution in [0.4, 0.5) is 0 Å². The molecular formula is C33H53N10O17P. The van der Waals surface area contributed by atoms with E-state index in [9.17, 15) is 53.9 Å². The molecule has 0 spiro atoms. The second kappa shape index (κ2) is 19.4. The van der Waals surface area contributed by atoms with Gasteiger partial charge in [-0.15, -0.1) is 0 Å². The van der Waals surface area contributed by atoms with Crippen LogP contribution in [0.2, 0.25) is 0 Å². The highest BCUT2D eigenvalue weighted by Crippen LogP contribution is 2.49. The zero-order chi connectivity index (χ0) is 44.5. The molecule has 342 valence electrons. The van der Waals surface area contributed by atoms with Crippen molar-refractivity contribution in [1.29, 1.82) is 0 Å².